The Hall–Kier alpha value is -0.920. The van der Waals surface area contributed by atoms with Crippen LogP contribution in [0.1, 0.15) is 29.4 Å². The predicted octanol–water partition coefficient (Wildman–Crippen LogP) is 2.40. The number of thiazole rings is 1. The van der Waals surface area contributed by atoms with Crippen LogP contribution in [-0.4, -0.2) is 11.5 Å². The lowest BCUT2D eigenvalue weighted by Gasteiger charge is -2.15. The van der Waals surface area contributed by atoms with E-state index in [1.807, 2.05) is 27.7 Å². The van der Waals surface area contributed by atoms with Crippen molar-refractivity contribution in [1.82, 2.24) is 10.3 Å². The molecule has 0 saturated heterocycles. The van der Waals surface area contributed by atoms with E-state index >= 15 is 0 Å². The van der Waals surface area contributed by atoms with Gasteiger partial charge in [0, 0.05) is 18.0 Å². The van der Waals surface area contributed by atoms with Gasteiger partial charge in [-0.25, -0.2) is 4.98 Å². The van der Waals surface area contributed by atoms with E-state index in [9.17, 15) is 0 Å². The number of nitriles is 1. The summed E-state index contributed by atoms with van der Waals surface area (Å²) in [5, 5.41) is 13.2. The van der Waals surface area contributed by atoms with Crippen molar-refractivity contribution < 1.29 is 0 Å². The third-order valence-electron chi connectivity index (χ3n) is 2.15. The van der Waals surface area contributed by atoms with Crippen LogP contribution in [0.2, 0.25) is 0 Å². The molecule has 0 bridgehead atoms. The Morgan fingerprint density at radius 2 is 2.13 bits per heavy atom. The lowest BCUT2D eigenvalue weighted by molar-refractivity contribution is 0.446. The summed E-state index contributed by atoms with van der Waals surface area (Å²) in [5.74, 6) is 0. The first-order valence-electron chi connectivity index (χ1n) is 4.99. The molecule has 0 aliphatic heterocycles. The van der Waals surface area contributed by atoms with E-state index in [4.69, 9.17) is 5.26 Å². The van der Waals surface area contributed by atoms with Crippen LogP contribution >= 0.6 is 11.3 Å². The van der Waals surface area contributed by atoms with E-state index in [2.05, 4.69) is 16.4 Å². The molecular weight excluding hydrogens is 206 g/mol. The molecule has 3 nitrogen and oxygen atoms in total. The Bertz CT molecular complexity index is 374. The first-order chi connectivity index (χ1) is 6.94. The number of nitrogens with one attached hydrogen (secondary N) is 1. The van der Waals surface area contributed by atoms with Gasteiger partial charge >= 0.3 is 0 Å². The standard InChI is InChI=1S/C11H17N3S/c1-8-10(15-9(2)14-8)5-13-7-11(3,4)6-12/h13H,5,7H2,1-4H3. The van der Waals surface area contributed by atoms with Gasteiger partial charge in [0.1, 0.15) is 0 Å². The van der Waals surface area contributed by atoms with Crippen LogP contribution in [0.4, 0.5) is 0 Å². The molecule has 0 atom stereocenters. The van der Waals surface area contributed by atoms with Gasteiger partial charge in [0.05, 0.1) is 22.2 Å². The van der Waals surface area contributed by atoms with Gasteiger partial charge in [0.15, 0.2) is 0 Å². The highest BCUT2D eigenvalue weighted by molar-refractivity contribution is 7.11. The normalized spacial score (nSPS) is 11.4. The molecule has 1 rings (SSSR count). The molecule has 0 amide bonds. The molecule has 0 aliphatic carbocycles. The van der Waals surface area contributed by atoms with Crippen molar-refractivity contribution in [2.75, 3.05) is 6.54 Å². The molecule has 1 aromatic rings. The first kappa shape index (κ1) is 12.2. The van der Waals surface area contributed by atoms with Crippen LogP contribution < -0.4 is 5.32 Å². The SMILES string of the molecule is Cc1nc(C)c(CNCC(C)(C)C#N)s1. The molecule has 0 fully saturated rings. The molecule has 4 heteroatoms. The van der Waals surface area contributed by atoms with E-state index in [0.717, 1.165) is 17.2 Å². The van der Waals surface area contributed by atoms with Gasteiger partial charge in [-0.1, -0.05) is 0 Å². The monoisotopic (exact) mass is 223 g/mol. The number of hydrogen-bond donors (Lipinski definition) is 1. The van der Waals surface area contributed by atoms with E-state index in [1.54, 1.807) is 11.3 Å². The fourth-order valence-corrected chi connectivity index (χ4v) is 2.17. The van der Waals surface area contributed by atoms with Crippen LogP contribution in [0.5, 0.6) is 0 Å². The Morgan fingerprint density at radius 1 is 1.47 bits per heavy atom. The molecule has 0 spiro atoms. The number of nitrogens with zero attached hydrogens (tertiary/aromatic N) is 2. The Balaban J connectivity index is 2.46. The van der Waals surface area contributed by atoms with Gasteiger partial charge in [-0.2, -0.15) is 5.26 Å². The largest absolute Gasteiger partial charge is 0.310 e. The van der Waals surface area contributed by atoms with E-state index in [-0.39, 0.29) is 5.41 Å². The summed E-state index contributed by atoms with van der Waals surface area (Å²) >= 11 is 1.72. The van der Waals surface area contributed by atoms with Crippen LogP contribution in [0.3, 0.4) is 0 Å². The minimum atomic E-state index is -0.298. The van der Waals surface area contributed by atoms with Gasteiger partial charge in [-0.3, -0.25) is 0 Å². The lowest BCUT2D eigenvalue weighted by atomic mass is 9.96. The molecule has 0 saturated carbocycles. The van der Waals surface area contributed by atoms with Crippen LogP contribution in [0, 0.1) is 30.6 Å². The van der Waals surface area contributed by atoms with Crippen molar-refractivity contribution in [2.45, 2.75) is 34.2 Å². The fraction of sp³-hybridized carbons (Fsp3) is 0.636. The molecule has 1 heterocycles. The van der Waals surface area contributed by atoms with Crippen LogP contribution in [-0.2, 0) is 6.54 Å². The molecule has 82 valence electrons. The summed E-state index contributed by atoms with van der Waals surface area (Å²) < 4.78 is 0. The van der Waals surface area contributed by atoms with Crippen molar-refractivity contribution in [1.29, 1.82) is 5.26 Å². The highest BCUT2D eigenvalue weighted by atomic mass is 32.1. The van der Waals surface area contributed by atoms with Crippen LogP contribution in [0.25, 0.3) is 0 Å². The molecular formula is C11H17N3S. The van der Waals surface area contributed by atoms with Gasteiger partial charge in [-0.05, 0) is 27.7 Å². The molecule has 0 aromatic carbocycles. The van der Waals surface area contributed by atoms with Crippen molar-refractivity contribution in [3.8, 4) is 6.07 Å². The molecule has 0 aliphatic rings. The number of aromatic nitrogens is 1. The number of rotatable bonds is 4. The summed E-state index contributed by atoms with van der Waals surface area (Å²) in [6, 6.07) is 2.27. The molecule has 0 radical (unpaired) electrons. The van der Waals surface area contributed by atoms with Gasteiger partial charge in [0.25, 0.3) is 0 Å². The lowest BCUT2D eigenvalue weighted by Crippen LogP contribution is -2.27. The summed E-state index contributed by atoms with van der Waals surface area (Å²) in [5.41, 5.74) is 0.799. The maximum Gasteiger partial charge on any atom is 0.0900 e. The maximum atomic E-state index is 8.85. The molecule has 1 aromatic heterocycles. The van der Waals surface area contributed by atoms with Gasteiger partial charge in [0.2, 0.25) is 0 Å². The quantitative estimate of drug-likeness (QED) is 0.852. The van der Waals surface area contributed by atoms with Gasteiger partial charge in [-0.15, -0.1) is 11.3 Å². The zero-order chi connectivity index (χ0) is 11.5. The molecule has 15 heavy (non-hydrogen) atoms. The molecule has 1 N–H and O–H groups in total. The first-order valence-corrected chi connectivity index (χ1v) is 5.81. The second kappa shape index (κ2) is 4.73. The summed E-state index contributed by atoms with van der Waals surface area (Å²) in [4.78, 5) is 5.62. The van der Waals surface area contributed by atoms with Crippen molar-refractivity contribution in [2.24, 2.45) is 5.41 Å². The highest BCUT2D eigenvalue weighted by Gasteiger charge is 2.16. The second-order valence-corrected chi connectivity index (χ2v) is 5.63. The fourth-order valence-electron chi connectivity index (χ4n) is 1.27. The van der Waals surface area contributed by atoms with Crippen molar-refractivity contribution in [3.63, 3.8) is 0 Å². The summed E-state index contributed by atoms with van der Waals surface area (Å²) in [6.07, 6.45) is 0. The zero-order valence-corrected chi connectivity index (χ0v) is 10.5. The highest BCUT2D eigenvalue weighted by Crippen LogP contribution is 2.17. The maximum absolute atomic E-state index is 8.85. The smallest absolute Gasteiger partial charge is 0.0900 e. The van der Waals surface area contributed by atoms with E-state index in [1.165, 1.54) is 4.88 Å². The second-order valence-electron chi connectivity index (χ2n) is 4.34. The van der Waals surface area contributed by atoms with Gasteiger partial charge < -0.3 is 5.32 Å². The average molecular weight is 223 g/mol. The van der Waals surface area contributed by atoms with Crippen molar-refractivity contribution in [3.05, 3.63) is 15.6 Å². The van der Waals surface area contributed by atoms with E-state index < -0.39 is 0 Å². The predicted molar refractivity (Wildman–Crippen MR) is 62.7 cm³/mol. The Labute approximate surface area is 95.2 Å². The molecule has 0 unspecified atom stereocenters. The Kier molecular flexibility index (Phi) is 3.83. The minimum absolute atomic E-state index is 0.298. The summed E-state index contributed by atoms with van der Waals surface area (Å²) in [7, 11) is 0. The number of hydrogen-bond acceptors (Lipinski definition) is 4. The minimum Gasteiger partial charge on any atom is -0.310 e. The topological polar surface area (TPSA) is 48.7 Å². The zero-order valence-electron chi connectivity index (χ0n) is 9.72. The summed E-state index contributed by atoms with van der Waals surface area (Å²) in [6.45, 7) is 9.42. The van der Waals surface area contributed by atoms with Crippen LogP contribution in [0.15, 0.2) is 0 Å². The average Bonchev–Trinajstić information content (AvgIpc) is 2.45. The third kappa shape index (κ3) is 3.61. The third-order valence-corrected chi connectivity index (χ3v) is 3.23. The van der Waals surface area contributed by atoms with Crippen molar-refractivity contribution >= 4 is 11.3 Å². The Morgan fingerprint density at radius 3 is 2.60 bits per heavy atom. The van der Waals surface area contributed by atoms with E-state index in [0.29, 0.717) is 6.54 Å². The number of aryl methyl sites for hydroxylation is 2.